The third kappa shape index (κ3) is 9.57. The quantitative estimate of drug-likeness (QED) is 0.125. The number of aromatic nitrogens is 4. The van der Waals surface area contributed by atoms with Gasteiger partial charge in [-0.2, -0.15) is 4.98 Å². The number of rotatable bonds is 16. The maximum absolute atomic E-state index is 14.2. The molecule has 0 saturated carbocycles. The molecule has 4 rings (SSSR count). The summed E-state index contributed by atoms with van der Waals surface area (Å²) in [6.07, 6.45) is -3.04. The first-order chi connectivity index (χ1) is 23.0. The summed E-state index contributed by atoms with van der Waals surface area (Å²) in [5.74, 6) is -1.31. The number of halogens is 1. The standard InChI is InChI=1S/C31H44FN6O10P/c1-17(2)12-22(29(41)47-18(3)4)37-49(43,46-15-24(39)33-13-20-8-10-21(32)11-9-20)45-14-23-26(40)31(6,42)30(48-23)38-16-34-25-27(38)35-19(5)36-28(25)44-7/h8-11,16-18,22-23,26,30,40,42H,12-15H2,1-7H3,(H,33,39)(H,37,43)/t22-,23+,26?,30+,31-,49?/m0/s1. The number of esters is 1. The molecular weight excluding hydrogens is 666 g/mol. The fraction of sp³-hybridized carbons (Fsp3) is 0.581. The van der Waals surface area contributed by atoms with E-state index in [0.717, 1.165) is 0 Å². The lowest BCUT2D eigenvalue weighted by molar-refractivity contribution is -0.150. The Labute approximate surface area is 283 Å². The molecular formula is C31H44FN6O10P. The number of hydrogen-bond donors (Lipinski definition) is 4. The van der Waals surface area contributed by atoms with Gasteiger partial charge in [-0.15, -0.1) is 0 Å². The van der Waals surface area contributed by atoms with Gasteiger partial charge in [0.2, 0.25) is 11.8 Å². The lowest BCUT2D eigenvalue weighted by Gasteiger charge is -2.28. The summed E-state index contributed by atoms with van der Waals surface area (Å²) in [7, 11) is -3.10. The zero-order chi connectivity index (χ0) is 36.1. The Balaban J connectivity index is 1.53. The van der Waals surface area contributed by atoms with Gasteiger partial charge in [-0.25, -0.2) is 24.0 Å². The number of aryl methyl sites for hydroxylation is 1. The van der Waals surface area contributed by atoms with Crippen molar-refractivity contribution in [3.63, 3.8) is 0 Å². The minimum absolute atomic E-state index is 0.0373. The normalized spacial score (nSPS) is 22.7. The van der Waals surface area contributed by atoms with Gasteiger partial charge in [0.1, 0.15) is 42.1 Å². The van der Waals surface area contributed by atoms with Crippen molar-refractivity contribution in [3.05, 3.63) is 47.8 Å². The van der Waals surface area contributed by atoms with Crippen molar-refractivity contribution >= 4 is 30.8 Å². The Morgan fingerprint density at radius 1 is 1.16 bits per heavy atom. The SMILES string of the molecule is COc1nc(C)nc2c1ncn2[C@@H]1O[C@H](COP(=O)(N[C@@H](CC(C)C)C(=O)OC(C)C)OCC(=O)NCc2ccc(F)cc2)C(O)[C@]1(C)O. The van der Waals surface area contributed by atoms with Gasteiger partial charge in [-0.3, -0.25) is 23.2 Å². The van der Waals surface area contributed by atoms with E-state index in [4.69, 9.17) is 23.3 Å². The molecule has 270 valence electrons. The molecule has 0 spiro atoms. The Hall–Kier alpha value is -3.57. The van der Waals surface area contributed by atoms with Crippen molar-refractivity contribution < 1.29 is 52.0 Å². The van der Waals surface area contributed by atoms with Crippen LogP contribution in [0.3, 0.4) is 0 Å². The van der Waals surface area contributed by atoms with Crippen molar-refractivity contribution in [2.45, 2.75) is 90.7 Å². The number of methoxy groups -OCH3 is 1. The van der Waals surface area contributed by atoms with E-state index in [2.05, 4.69) is 25.4 Å². The third-order valence-electron chi connectivity index (χ3n) is 7.54. The zero-order valence-electron chi connectivity index (χ0n) is 28.5. The molecule has 0 bridgehead atoms. The molecule has 0 aliphatic carbocycles. The second-order valence-electron chi connectivity index (χ2n) is 12.6. The minimum Gasteiger partial charge on any atom is -0.479 e. The van der Waals surface area contributed by atoms with Crippen LogP contribution in [-0.4, -0.2) is 91.9 Å². The summed E-state index contributed by atoms with van der Waals surface area (Å²) in [4.78, 5) is 38.6. The number of carbonyl (C=O) groups excluding carboxylic acids is 2. The molecule has 6 atom stereocenters. The molecule has 1 saturated heterocycles. The van der Waals surface area contributed by atoms with Crippen LogP contribution in [0.2, 0.25) is 0 Å². The number of fused-ring (bicyclic) bond motifs is 1. The summed E-state index contributed by atoms with van der Waals surface area (Å²) < 4.78 is 56.8. The molecule has 1 aliphatic rings. The van der Waals surface area contributed by atoms with Crippen LogP contribution in [0, 0.1) is 18.7 Å². The highest BCUT2D eigenvalue weighted by Gasteiger charge is 2.54. The predicted molar refractivity (Wildman–Crippen MR) is 173 cm³/mol. The van der Waals surface area contributed by atoms with Crippen LogP contribution in [0.4, 0.5) is 4.39 Å². The second kappa shape index (κ2) is 16.0. The van der Waals surface area contributed by atoms with Crippen molar-refractivity contribution in [1.82, 2.24) is 29.9 Å². The van der Waals surface area contributed by atoms with E-state index in [1.807, 2.05) is 13.8 Å². The van der Waals surface area contributed by atoms with Crippen molar-refractivity contribution in [2.75, 3.05) is 20.3 Å². The Bertz CT molecular complexity index is 1650. The van der Waals surface area contributed by atoms with Gasteiger partial charge in [0, 0.05) is 6.54 Å². The molecule has 49 heavy (non-hydrogen) atoms. The molecule has 0 radical (unpaired) electrons. The Morgan fingerprint density at radius 3 is 2.49 bits per heavy atom. The number of amides is 1. The lowest BCUT2D eigenvalue weighted by Crippen LogP contribution is -2.44. The van der Waals surface area contributed by atoms with Gasteiger partial charge in [-0.1, -0.05) is 26.0 Å². The first-order valence-electron chi connectivity index (χ1n) is 15.7. The van der Waals surface area contributed by atoms with E-state index in [1.54, 1.807) is 20.8 Å². The van der Waals surface area contributed by atoms with E-state index in [-0.39, 0.29) is 30.4 Å². The maximum Gasteiger partial charge on any atom is 0.406 e. The number of aliphatic hydroxyl groups is 2. The fourth-order valence-electron chi connectivity index (χ4n) is 5.15. The first kappa shape index (κ1) is 38.2. The van der Waals surface area contributed by atoms with Crippen LogP contribution in [0.25, 0.3) is 11.2 Å². The van der Waals surface area contributed by atoms with Crippen molar-refractivity contribution in [1.29, 1.82) is 0 Å². The van der Waals surface area contributed by atoms with E-state index in [1.165, 1.54) is 49.2 Å². The monoisotopic (exact) mass is 710 g/mol. The molecule has 1 fully saturated rings. The smallest absolute Gasteiger partial charge is 0.406 e. The maximum atomic E-state index is 14.2. The van der Waals surface area contributed by atoms with Gasteiger partial charge in [0.25, 0.3) is 0 Å². The van der Waals surface area contributed by atoms with Gasteiger partial charge in [0.15, 0.2) is 17.4 Å². The van der Waals surface area contributed by atoms with Crippen LogP contribution >= 0.6 is 7.75 Å². The predicted octanol–water partition coefficient (Wildman–Crippen LogP) is 2.71. The first-order valence-corrected chi connectivity index (χ1v) is 17.3. The molecule has 18 heteroatoms. The summed E-state index contributed by atoms with van der Waals surface area (Å²) in [5.41, 5.74) is -0.745. The number of carbonyl (C=O) groups is 2. The summed E-state index contributed by atoms with van der Waals surface area (Å²) in [6.45, 7) is 8.69. The molecule has 4 N–H and O–H groups in total. The number of hydrogen-bond acceptors (Lipinski definition) is 13. The molecule has 2 aromatic heterocycles. The Morgan fingerprint density at radius 2 is 1.86 bits per heavy atom. The van der Waals surface area contributed by atoms with E-state index in [9.17, 15) is 28.8 Å². The highest BCUT2D eigenvalue weighted by molar-refractivity contribution is 7.51. The molecule has 16 nitrogen and oxygen atoms in total. The van der Waals surface area contributed by atoms with Gasteiger partial charge in [-0.05, 0) is 57.7 Å². The molecule has 1 aromatic carbocycles. The number of aliphatic hydroxyl groups excluding tert-OH is 1. The largest absolute Gasteiger partial charge is 0.479 e. The molecule has 2 unspecified atom stereocenters. The summed E-state index contributed by atoms with van der Waals surface area (Å²) in [6, 6.07) is 4.33. The van der Waals surface area contributed by atoms with Gasteiger partial charge in [0.05, 0.1) is 26.1 Å². The van der Waals surface area contributed by atoms with Crippen molar-refractivity contribution in [2.24, 2.45) is 5.92 Å². The van der Waals surface area contributed by atoms with Gasteiger partial charge >= 0.3 is 13.7 Å². The van der Waals surface area contributed by atoms with Crippen LogP contribution < -0.4 is 15.1 Å². The summed E-state index contributed by atoms with van der Waals surface area (Å²) in [5, 5.41) is 27.7. The zero-order valence-corrected chi connectivity index (χ0v) is 29.3. The highest BCUT2D eigenvalue weighted by atomic mass is 31.2. The lowest BCUT2D eigenvalue weighted by atomic mass is 9.96. The molecule has 3 heterocycles. The topological polar surface area (TPSA) is 205 Å². The Kier molecular flexibility index (Phi) is 12.5. The molecule has 1 amide bonds. The average molecular weight is 711 g/mol. The minimum atomic E-state index is -4.53. The second-order valence-corrected chi connectivity index (χ2v) is 14.3. The van der Waals surface area contributed by atoms with Crippen LogP contribution in [0.1, 0.15) is 58.7 Å². The molecule has 1 aliphatic heterocycles. The number of nitrogens with one attached hydrogen (secondary N) is 2. The van der Waals surface area contributed by atoms with E-state index in [0.29, 0.717) is 16.9 Å². The number of imidazole rings is 1. The highest BCUT2D eigenvalue weighted by Crippen LogP contribution is 2.47. The van der Waals surface area contributed by atoms with Crippen molar-refractivity contribution in [3.8, 4) is 5.88 Å². The van der Waals surface area contributed by atoms with E-state index < -0.39 is 74.8 Å². The summed E-state index contributed by atoms with van der Waals surface area (Å²) >= 11 is 0. The number of benzene rings is 1. The third-order valence-corrected chi connectivity index (χ3v) is 9.12. The average Bonchev–Trinajstić information content (AvgIpc) is 3.54. The van der Waals surface area contributed by atoms with Crippen LogP contribution in [0.15, 0.2) is 30.6 Å². The van der Waals surface area contributed by atoms with Crippen LogP contribution in [-0.2, 0) is 39.2 Å². The molecule has 3 aromatic rings. The van der Waals surface area contributed by atoms with Gasteiger partial charge < -0.3 is 29.7 Å². The van der Waals surface area contributed by atoms with Crippen LogP contribution in [0.5, 0.6) is 5.88 Å². The number of ether oxygens (including phenoxy) is 3. The number of nitrogens with zero attached hydrogens (tertiary/aromatic N) is 4. The van der Waals surface area contributed by atoms with E-state index >= 15 is 0 Å². The fourth-order valence-corrected chi connectivity index (χ4v) is 6.59.